The predicted octanol–water partition coefficient (Wildman–Crippen LogP) is 5.80. The van der Waals surface area contributed by atoms with Crippen molar-refractivity contribution in [2.75, 3.05) is 6.61 Å². The Morgan fingerprint density at radius 1 is 1.07 bits per heavy atom. The van der Waals surface area contributed by atoms with Crippen molar-refractivity contribution in [3.05, 3.63) is 108 Å². The summed E-state index contributed by atoms with van der Waals surface area (Å²) in [6.07, 6.45) is 2.35. The Morgan fingerprint density at radius 3 is 2.60 bits per heavy atom. The molecule has 3 aromatic rings. The largest absolute Gasteiger partial charge is 0.490 e. The quantitative estimate of drug-likeness (QED) is 0.511. The van der Waals surface area contributed by atoms with Crippen LogP contribution in [0, 0.1) is 6.92 Å². The first-order valence-electron chi connectivity index (χ1n) is 10.2. The van der Waals surface area contributed by atoms with Gasteiger partial charge < -0.3 is 9.47 Å². The summed E-state index contributed by atoms with van der Waals surface area (Å²) >= 11 is 0. The molecule has 0 saturated carbocycles. The molecule has 0 aliphatic carbocycles. The van der Waals surface area contributed by atoms with Crippen LogP contribution in [0.3, 0.4) is 0 Å². The maximum atomic E-state index is 6.41. The number of aryl methyl sites for hydroxylation is 1. The third kappa shape index (κ3) is 3.35. The maximum absolute atomic E-state index is 6.41. The number of hydrogen-bond acceptors (Lipinski definition) is 4. The lowest BCUT2D eigenvalue weighted by Gasteiger charge is -2.38. The van der Waals surface area contributed by atoms with Gasteiger partial charge in [0.15, 0.2) is 0 Å². The molecular weight excluding hydrogens is 372 g/mol. The van der Waals surface area contributed by atoms with Crippen LogP contribution in [0.15, 0.2) is 90.6 Å². The highest BCUT2D eigenvalue weighted by Gasteiger charge is 2.40. The van der Waals surface area contributed by atoms with Crippen molar-refractivity contribution < 1.29 is 9.47 Å². The first-order valence-corrected chi connectivity index (χ1v) is 10.2. The molecule has 0 N–H and O–H groups in total. The monoisotopic (exact) mass is 396 g/mol. The van der Waals surface area contributed by atoms with Gasteiger partial charge in [-0.3, -0.25) is 0 Å². The molecule has 0 radical (unpaired) electrons. The maximum Gasteiger partial charge on any atom is 0.213 e. The van der Waals surface area contributed by atoms with E-state index in [1.165, 1.54) is 11.1 Å². The van der Waals surface area contributed by atoms with Gasteiger partial charge in [0.25, 0.3) is 0 Å². The molecule has 0 saturated heterocycles. The lowest BCUT2D eigenvalue weighted by Crippen LogP contribution is -2.33. The molecule has 5 rings (SSSR count). The Morgan fingerprint density at radius 2 is 1.83 bits per heavy atom. The van der Waals surface area contributed by atoms with Gasteiger partial charge in [0, 0.05) is 17.5 Å². The normalized spacial score (nSPS) is 19.4. The zero-order valence-electron chi connectivity index (χ0n) is 17.0. The fourth-order valence-corrected chi connectivity index (χ4v) is 4.06. The first-order chi connectivity index (χ1) is 14.7. The molecule has 0 fully saturated rings. The molecule has 3 aromatic carbocycles. The first kappa shape index (κ1) is 18.5. The summed E-state index contributed by atoms with van der Waals surface area (Å²) in [7, 11) is 0. The fourth-order valence-electron chi connectivity index (χ4n) is 4.06. The second kappa shape index (κ2) is 7.71. The van der Waals surface area contributed by atoms with Gasteiger partial charge in [-0.2, -0.15) is 5.10 Å². The van der Waals surface area contributed by atoms with Crippen LogP contribution in [0.1, 0.15) is 40.9 Å². The van der Waals surface area contributed by atoms with Crippen molar-refractivity contribution in [1.29, 1.82) is 0 Å². The van der Waals surface area contributed by atoms with E-state index in [4.69, 9.17) is 14.6 Å². The van der Waals surface area contributed by atoms with Crippen LogP contribution < -0.4 is 9.47 Å². The molecule has 150 valence electrons. The molecule has 0 aromatic heterocycles. The summed E-state index contributed by atoms with van der Waals surface area (Å²) in [6.45, 7) is 6.29. The third-order valence-electron chi connectivity index (χ3n) is 5.62. The molecule has 2 aliphatic rings. The van der Waals surface area contributed by atoms with E-state index in [1.54, 1.807) is 6.08 Å². The lowest BCUT2D eigenvalue weighted by atomic mass is 9.96. The van der Waals surface area contributed by atoms with E-state index < -0.39 is 0 Å². The molecule has 2 atom stereocenters. The summed E-state index contributed by atoms with van der Waals surface area (Å²) in [5.74, 6) is 1.77. The van der Waals surface area contributed by atoms with Gasteiger partial charge in [-0.1, -0.05) is 60.7 Å². The molecule has 2 heterocycles. The second-order valence-corrected chi connectivity index (χ2v) is 7.69. The Labute approximate surface area is 177 Å². The number of nitrogens with zero attached hydrogens (tertiary/aromatic N) is 2. The molecule has 0 spiro atoms. The molecule has 0 amide bonds. The van der Waals surface area contributed by atoms with Gasteiger partial charge in [-0.25, -0.2) is 5.01 Å². The van der Waals surface area contributed by atoms with Gasteiger partial charge in [-0.15, -0.1) is 0 Å². The second-order valence-electron chi connectivity index (χ2n) is 7.69. The van der Waals surface area contributed by atoms with E-state index in [1.807, 2.05) is 18.2 Å². The molecule has 30 heavy (non-hydrogen) atoms. The summed E-state index contributed by atoms with van der Waals surface area (Å²) in [5, 5.41) is 7.13. The van der Waals surface area contributed by atoms with Crippen molar-refractivity contribution >= 4 is 5.71 Å². The number of rotatable bonds is 5. The van der Waals surface area contributed by atoms with E-state index >= 15 is 0 Å². The molecule has 4 nitrogen and oxygen atoms in total. The van der Waals surface area contributed by atoms with Crippen molar-refractivity contribution in [1.82, 2.24) is 5.01 Å². The average molecular weight is 396 g/mol. The average Bonchev–Trinajstić information content (AvgIpc) is 3.24. The van der Waals surface area contributed by atoms with E-state index in [0.717, 1.165) is 34.8 Å². The van der Waals surface area contributed by atoms with Crippen molar-refractivity contribution in [3.63, 3.8) is 0 Å². The molecule has 0 unspecified atom stereocenters. The van der Waals surface area contributed by atoms with Gasteiger partial charge in [0.2, 0.25) is 6.23 Å². The van der Waals surface area contributed by atoms with Crippen LogP contribution in [-0.4, -0.2) is 17.3 Å². The Kier molecular flexibility index (Phi) is 4.75. The van der Waals surface area contributed by atoms with Crippen molar-refractivity contribution in [2.45, 2.75) is 25.6 Å². The standard InChI is InChI=1S/C26H24N2O2/c1-3-16-29-21-14-12-19(13-15-21)23-17-24-22-6-4-5-7-25(22)30-26(28(24)27-23)20-10-8-18(2)9-11-20/h3-15,24,26H,1,16-17H2,2H3/t24-,26+/m1/s1. The number of ether oxygens (including phenoxy) is 2. The van der Waals surface area contributed by atoms with E-state index in [-0.39, 0.29) is 12.3 Å². The highest BCUT2D eigenvalue weighted by molar-refractivity contribution is 6.02. The number of hydrazone groups is 1. The van der Waals surface area contributed by atoms with Crippen LogP contribution >= 0.6 is 0 Å². The molecule has 4 heteroatoms. The summed E-state index contributed by atoms with van der Waals surface area (Å²) < 4.78 is 12.0. The van der Waals surface area contributed by atoms with Gasteiger partial charge >= 0.3 is 0 Å². The zero-order chi connectivity index (χ0) is 20.5. The van der Waals surface area contributed by atoms with Crippen LogP contribution in [0.5, 0.6) is 11.5 Å². The number of hydrogen-bond donors (Lipinski definition) is 0. The minimum Gasteiger partial charge on any atom is -0.490 e. The van der Waals surface area contributed by atoms with Gasteiger partial charge in [0.05, 0.1) is 11.8 Å². The Bertz CT molecular complexity index is 1090. The number of benzene rings is 3. The molecule has 2 aliphatic heterocycles. The minimum absolute atomic E-state index is 0.160. The fraction of sp³-hybridized carbons (Fsp3) is 0.192. The van der Waals surface area contributed by atoms with E-state index in [0.29, 0.717) is 6.61 Å². The number of fused-ring (bicyclic) bond motifs is 3. The Balaban J connectivity index is 1.49. The molecule has 0 bridgehead atoms. The summed E-state index contributed by atoms with van der Waals surface area (Å²) in [5.41, 5.74) is 5.70. The van der Waals surface area contributed by atoms with Crippen molar-refractivity contribution in [2.24, 2.45) is 5.10 Å². The van der Waals surface area contributed by atoms with E-state index in [2.05, 4.69) is 73.1 Å². The predicted molar refractivity (Wildman–Crippen MR) is 119 cm³/mol. The van der Waals surface area contributed by atoms with Gasteiger partial charge in [-0.05, 0) is 42.8 Å². The lowest BCUT2D eigenvalue weighted by molar-refractivity contribution is -0.0190. The van der Waals surface area contributed by atoms with Crippen LogP contribution in [0.2, 0.25) is 0 Å². The highest BCUT2D eigenvalue weighted by atomic mass is 16.5. The van der Waals surface area contributed by atoms with Crippen molar-refractivity contribution in [3.8, 4) is 11.5 Å². The zero-order valence-corrected chi connectivity index (χ0v) is 17.0. The smallest absolute Gasteiger partial charge is 0.213 e. The van der Waals surface area contributed by atoms with Crippen LogP contribution in [0.25, 0.3) is 0 Å². The van der Waals surface area contributed by atoms with E-state index in [9.17, 15) is 0 Å². The topological polar surface area (TPSA) is 34.1 Å². The van der Waals surface area contributed by atoms with Gasteiger partial charge in [0.1, 0.15) is 18.1 Å². The summed E-state index contributed by atoms with van der Waals surface area (Å²) in [6, 6.07) is 25.1. The van der Waals surface area contributed by atoms with Crippen LogP contribution in [-0.2, 0) is 0 Å². The SMILES string of the molecule is C=CCOc1ccc(C2=NN3[C@H](C2)c2ccccc2O[C@H]3c2ccc(C)cc2)cc1. The minimum atomic E-state index is -0.238. The Hall–Kier alpha value is -3.53. The third-order valence-corrected chi connectivity index (χ3v) is 5.62. The molecular formula is C26H24N2O2. The van der Waals surface area contributed by atoms with Crippen LogP contribution in [0.4, 0.5) is 0 Å². The highest BCUT2D eigenvalue weighted by Crippen LogP contribution is 2.47. The summed E-state index contributed by atoms with van der Waals surface area (Å²) in [4.78, 5) is 0. The number of para-hydroxylation sites is 1.